The maximum Gasteiger partial charge on any atom is 0.416 e. The fourth-order valence-electron chi connectivity index (χ4n) is 2.15. The van der Waals surface area contributed by atoms with Gasteiger partial charge in [-0.25, -0.2) is 18.2 Å². The van der Waals surface area contributed by atoms with Crippen LogP contribution in [0.15, 0.2) is 47.6 Å². The summed E-state index contributed by atoms with van der Waals surface area (Å²) in [7, 11) is -4.15. The van der Waals surface area contributed by atoms with E-state index in [1.165, 1.54) is 30.5 Å². The highest BCUT2D eigenvalue weighted by molar-refractivity contribution is 7.92. The summed E-state index contributed by atoms with van der Waals surface area (Å²) in [5, 5.41) is 3.31. The van der Waals surface area contributed by atoms with Crippen LogP contribution in [0.3, 0.4) is 0 Å². The first-order valence-corrected chi connectivity index (χ1v) is 10.0. The Labute approximate surface area is 168 Å². The lowest BCUT2D eigenvalue weighted by Crippen LogP contribution is -2.39. The van der Waals surface area contributed by atoms with Crippen molar-refractivity contribution in [2.24, 2.45) is 5.10 Å². The molecule has 2 aromatic rings. The van der Waals surface area contributed by atoms with Gasteiger partial charge in [-0.3, -0.25) is 9.10 Å². The van der Waals surface area contributed by atoms with Gasteiger partial charge in [0, 0.05) is 0 Å². The van der Waals surface area contributed by atoms with E-state index in [0.717, 1.165) is 12.3 Å². The summed E-state index contributed by atoms with van der Waals surface area (Å²) in [5.74, 6) is -1.39. The highest BCUT2D eigenvalue weighted by Crippen LogP contribution is 2.36. The van der Waals surface area contributed by atoms with Crippen molar-refractivity contribution in [2.45, 2.75) is 6.18 Å². The van der Waals surface area contributed by atoms with Gasteiger partial charge in [-0.05, 0) is 35.9 Å². The second-order valence-electron chi connectivity index (χ2n) is 5.78. The van der Waals surface area contributed by atoms with Gasteiger partial charge in [-0.1, -0.05) is 23.7 Å². The summed E-state index contributed by atoms with van der Waals surface area (Å²) < 4.78 is 76.2. The molecule has 0 aromatic heterocycles. The third-order valence-corrected chi connectivity index (χ3v) is 4.95. The number of halogens is 5. The average Bonchev–Trinajstić information content (AvgIpc) is 2.60. The van der Waals surface area contributed by atoms with Crippen molar-refractivity contribution in [1.82, 2.24) is 5.43 Å². The van der Waals surface area contributed by atoms with Gasteiger partial charge < -0.3 is 0 Å². The maximum absolute atomic E-state index is 12.9. The quantitative estimate of drug-likeness (QED) is 0.415. The zero-order chi connectivity index (χ0) is 21.8. The van der Waals surface area contributed by atoms with E-state index in [2.05, 4.69) is 5.10 Å². The van der Waals surface area contributed by atoms with Crippen LogP contribution in [0.1, 0.15) is 11.1 Å². The van der Waals surface area contributed by atoms with Crippen molar-refractivity contribution in [3.63, 3.8) is 0 Å². The lowest BCUT2D eigenvalue weighted by atomic mass is 10.2. The Bertz CT molecular complexity index is 1030. The predicted molar refractivity (Wildman–Crippen MR) is 101 cm³/mol. The van der Waals surface area contributed by atoms with Gasteiger partial charge in [0.1, 0.15) is 12.4 Å². The zero-order valence-corrected chi connectivity index (χ0v) is 16.3. The summed E-state index contributed by atoms with van der Waals surface area (Å²) in [5.41, 5.74) is 0.876. The zero-order valence-electron chi connectivity index (χ0n) is 14.7. The summed E-state index contributed by atoms with van der Waals surface area (Å²) in [6.45, 7) is -0.860. The fraction of sp³-hybridized carbons (Fsp3) is 0.176. The summed E-state index contributed by atoms with van der Waals surface area (Å²) in [4.78, 5) is 12.1. The summed E-state index contributed by atoms with van der Waals surface area (Å²) in [6.07, 6.45) is -2.83. The molecule has 0 aliphatic heterocycles. The molecule has 0 radical (unpaired) electrons. The van der Waals surface area contributed by atoms with Gasteiger partial charge in [-0.15, -0.1) is 0 Å². The van der Waals surface area contributed by atoms with Crippen LogP contribution in [-0.2, 0) is 21.0 Å². The number of rotatable bonds is 6. The van der Waals surface area contributed by atoms with Crippen molar-refractivity contribution >= 4 is 39.4 Å². The molecule has 0 aliphatic rings. The first kappa shape index (κ1) is 22.6. The van der Waals surface area contributed by atoms with Crippen molar-refractivity contribution in [2.75, 3.05) is 17.1 Å². The number of carbonyl (C=O) groups excluding carboxylic acids is 1. The second-order valence-corrected chi connectivity index (χ2v) is 8.09. The monoisotopic (exact) mass is 451 g/mol. The Kier molecular flexibility index (Phi) is 6.85. The van der Waals surface area contributed by atoms with E-state index in [1.54, 1.807) is 0 Å². The van der Waals surface area contributed by atoms with Gasteiger partial charge in [-0.2, -0.15) is 18.3 Å². The van der Waals surface area contributed by atoms with Crippen LogP contribution in [0.5, 0.6) is 0 Å². The molecule has 0 fully saturated rings. The van der Waals surface area contributed by atoms with Crippen LogP contribution in [0, 0.1) is 5.82 Å². The lowest BCUT2D eigenvalue weighted by Gasteiger charge is -2.23. The van der Waals surface area contributed by atoms with Crippen molar-refractivity contribution in [3.05, 3.63) is 64.4 Å². The van der Waals surface area contributed by atoms with Gasteiger partial charge in [0.15, 0.2) is 0 Å². The molecule has 0 unspecified atom stereocenters. The summed E-state index contributed by atoms with van der Waals surface area (Å²) >= 11 is 5.86. The number of hydrazone groups is 1. The normalized spacial score (nSPS) is 12.2. The molecule has 0 saturated carbocycles. The first-order chi connectivity index (χ1) is 13.4. The molecular weight excluding hydrogens is 438 g/mol. The molecule has 29 heavy (non-hydrogen) atoms. The van der Waals surface area contributed by atoms with E-state index in [0.29, 0.717) is 22.0 Å². The molecule has 0 bridgehead atoms. The Hall–Kier alpha value is -2.66. The van der Waals surface area contributed by atoms with Crippen LogP contribution in [0.4, 0.5) is 23.2 Å². The minimum absolute atomic E-state index is 0.286. The number of benzene rings is 2. The van der Waals surface area contributed by atoms with Crippen LogP contribution < -0.4 is 9.73 Å². The third-order valence-electron chi connectivity index (χ3n) is 3.50. The number of sulfonamides is 1. The van der Waals surface area contributed by atoms with E-state index in [-0.39, 0.29) is 5.02 Å². The number of anilines is 1. The van der Waals surface area contributed by atoms with Crippen molar-refractivity contribution in [1.29, 1.82) is 0 Å². The molecule has 0 heterocycles. The largest absolute Gasteiger partial charge is 0.416 e. The SMILES string of the molecule is CS(=O)(=O)N(CC(=O)N/N=C\c1ccc(F)cc1)c1cc(C(F)(F)F)ccc1Cl. The van der Waals surface area contributed by atoms with E-state index in [1.807, 2.05) is 5.43 Å². The Morgan fingerprint density at radius 3 is 2.38 bits per heavy atom. The summed E-state index contributed by atoms with van der Waals surface area (Å²) in [6, 6.07) is 7.24. The molecule has 6 nitrogen and oxygen atoms in total. The van der Waals surface area contributed by atoms with E-state index >= 15 is 0 Å². The van der Waals surface area contributed by atoms with E-state index < -0.39 is 45.7 Å². The number of hydrogen-bond acceptors (Lipinski definition) is 4. The van der Waals surface area contributed by atoms with Gasteiger partial charge in [0.25, 0.3) is 5.91 Å². The molecule has 0 saturated heterocycles. The maximum atomic E-state index is 12.9. The Morgan fingerprint density at radius 1 is 1.21 bits per heavy atom. The van der Waals surface area contributed by atoms with Crippen molar-refractivity contribution in [3.8, 4) is 0 Å². The Balaban J connectivity index is 2.22. The molecule has 2 aromatic carbocycles. The molecule has 1 amide bonds. The van der Waals surface area contributed by atoms with Crippen molar-refractivity contribution < 1.29 is 30.8 Å². The van der Waals surface area contributed by atoms with E-state index in [9.17, 15) is 30.8 Å². The first-order valence-electron chi connectivity index (χ1n) is 7.80. The standard InChI is InChI=1S/C17H14ClF4N3O3S/c1-29(27,28)25(15-8-12(17(20,21)22)4-7-14(15)18)10-16(26)24-23-9-11-2-5-13(19)6-3-11/h2-9H,10H2,1H3,(H,24,26)/b23-9-. The van der Waals surface area contributed by atoms with Gasteiger partial charge >= 0.3 is 6.18 Å². The minimum Gasteiger partial charge on any atom is -0.271 e. The fourth-order valence-corrected chi connectivity index (χ4v) is 3.28. The third kappa shape index (κ3) is 6.43. The molecule has 12 heteroatoms. The molecule has 0 aliphatic carbocycles. The number of alkyl halides is 3. The molecule has 0 atom stereocenters. The van der Waals surface area contributed by atoms with Gasteiger partial charge in [0.05, 0.1) is 28.7 Å². The molecule has 1 N–H and O–H groups in total. The lowest BCUT2D eigenvalue weighted by molar-refractivity contribution is -0.137. The second kappa shape index (κ2) is 8.78. The molecule has 0 spiro atoms. The van der Waals surface area contributed by atoms with Crippen LogP contribution in [-0.4, -0.2) is 33.3 Å². The number of nitrogens with one attached hydrogen (secondary N) is 1. The molecular formula is C17H14ClF4N3O3S. The Morgan fingerprint density at radius 2 is 1.83 bits per heavy atom. The van der Waals surface area contributed by atoms with Gasteiger partial charge in [0.2, 0.25) is 10.0 Å². The number of amides is 1. The van der Waals surface area contributed by atoms with E-state index in [4.69, 9.17) is 11.6 Å². The van der Waals surface area contributed by atoms with Crippen LogP contribution in [0.25, 0.3) is 0 Å². The smallest absolute Gasteiger partial charge is 0.271 e. The molecule has 156 valence electrons. The molecule has 2 rings (SSSR count). The number of carbonyl (C=O) groups is 1. The highest BCUT2D eigenvalue weighted by atomic mass is 35.5. The number of hydrogen-bond donors (Lipinski definition) is 1. The topological polar surface area (TPSA) is 78.8 Å². The number of nitrogens with zero attached hydrogens (tertiary/aromatic N) is 2. The predicted octanol–water partition coefficient (Wildman–Crippen LogP) is 3.41. The average molecular weight is 452 g/mol. The van der Waals surface area contributed by atoms with Crippen LogP contribution in [0.2, 0.25) is 5.02 Å². The highest BCUT2D eigenvalue weighted by Gasteiger charge is 2.33. The van der Waals surface area contributed by atoms with Crippen LogP contribution >= 0.6 is 11.6 Å². The minimum atomic E-state index is -4.73.